The summed E-state index contributed by atoms with van der Waals surface area (Å²) in [5, 5.41) is 9.77. The molecule has 0 aromatic carbocycles. The third-order valence-corrected chi connectivity index (χ3v) is 2.19. The molecule has 0 aromatic heterocycles. The van der Waals surface area contributed by atoms with Gasteiger partial charge in [0.15, 0.2) is 5.79 Å². The minimum atomic E-state index is -0.917. The maximum Gasteiger partial charge on any atom is 0.200 e. The molecule has 1 fully saturated rings. The van der Waals surface area contributed by atoms with Crippen LogP contribution in [0.15, 0.2) is 0 Å². The zero-order valence-corrected chi connectivity index (χ0v) is 7.36. The van der Waals surface area contributed by atoms with Crippen LogP contribution in [0.5, 0.6) is 0 Å². The molecule has 1 heterocycles. The maximum atomic E-state index is 9.77. The molecule has 10 heavy (non-hydrogen) atoms. The molecule has 1 atom stereocenters. The molecule has 1 N–H and O–H groups in total. The van der Waals surface area contributed by atoms with Gasteiger partial charge in [0.1, 0.15) is 5.60 Å². The third-order valence-electron chi connectivity index (χ3n) is 2.19. The molecule has 1 aliphatic rings. The second-order valence-corrected chi connectivity index (χ2v) is 4.51. The molecule has 1 aliphatic heterocycles. The van der Waals surface area contributed by atoms with Crippen LogP contribution < -0.4 is 0 Å². The fraction of sp³-hybridized carbons (Fsp3) is 1.00. The molecule has 2 nitrogen and oxygen atoms in total. The molecule has 60 valence electrons. The van der Waals surface area contributed by atoms with E-state index in [-0.39, 0.29) is 11.0 Å². The van der Waals surface area contributed by atoms with Crippen LogP contribution in [0.1, 0.15) is 34.6 Å². The van der Waals surface area contributed by atoms with E-state index in [0.29, 0.717) is 0 Å². The molecular weight excluding hydrogens is 128 g/mol. The monoisotopic (exact) mass is 144 g/mol. The van der Waals surface area contributed by atoms with Crippen LogP contribution in [0.25, 0.3) is 0 Å². The first kappa shape index (κ1) is 8.02. The van der Waals surface area contributed by atoms with Crippen LogP contribution in [0, 0.1) is 5.41 Å². The van der Waals surface area contributed by atoms with Crippen molar-refractivity contribution in [1.82, 2.24) is 0 Å². The number of aliphatic hydroxyl groups is 1. The summed E-state index contributed by atoms with van der Waals surface area (Å²) in [5.74, 6) is -0.917. The predicted octanol–water partition coefficient (Wildman–Crippen LogP) is 1.53. The van der Waals surface area contributed by atoms with Crippen molar-refractivity contribution in [2.45, 2.75) is 46.0 Å². The van der Waals surface area contributed by atoms with E-state index in [4.69, 9.17) is 4.74 Å². The number of epoxide rings is 1. The van der Waals surface area contributed by atoms with E-state index in [1.165, 1.54) is 0 Å². The highest BCUT2D eigenvalue weighted by Crippen LogP contribution is 2.55. The molecule has 0 aromatic rings. The quantitative estimate of drug-likeness (QED) is 0.523. The van der Waals surface area contributed by atoms with Crippen LogP contribution in [-0.4, -0.2) is 16.5 Å². The second-order valence-electron chi connectivity index (χ2n) is 4.51. The van der Waals surface area contributed by atoms with Gasteiger partial charge in [-0.15, -0.1) is 0 Å². The van der Waals surface area contributed by atoms with Crippen LogP contribution in [-0.2, 0) is 4.74 Å². The van der Waals surface area contributed by atoms with Crippen molar-refractivity contribution < 1.29 is 9.84 Å². The van der Waals surface area contributed by atoms with Gasteiger partial charge in [-0.25, -0.2) is 0 Å². The van der Waals surface area contributed by atoms with E-state index in [2.05, 4.69) is 0 Å². The van der Waals surface area contributed by atoms with Crippen LogP contribution in [0.3, 0.4) is 0 Å². The summed E-state index contributed by atoms with van der Waals surface area (Å²) in [7, 11) is 0. The van der Waals surface area contributed by atoms with E-state index in [9.17, 15) is 5.11 Å². The molecule has 2 heteroatoms. The minimum absolute atomic E-state index is 0.184. The molecule has 1 unspecified atom stereocenters. The van der Waals surface area contributed by atoms with Gasteiger partial charge in [0.25, 0.3) is 0 Å². The van der Waals surface area contributed by atoms with Crippen LogP contribution in [0.2, 0.25) is 0 Å². The smallest absolute Gasteiger partial charge is 0.200 e. The fourth-order valence-electron chi connectivity index (χ4n) is 1.40. The van der Waals surface area contributed by atoms with Crippen molar-refractivity contribution >= 4 is 0 Å². The van der Waals surface area contributed by atoms with Crippen molar-refractivity contribution in [2.24, 2.45) is 5.41 Å². The SMILES string of the molecule is CC(C)(C)C1(O)OC1(C)C. The lowest BCUT2D eigenvalue weighted by molar-refractivity contribution is -0.0548. The van der Waals surface area contributed by atoms with E-state index in [1.807, 2.05) is 34.6 Å². The first-order valence-corrected chi connectivity index (χ1v) is 3.63. The van der Waals surface area contributed by atoms with Gasteiger partial charge in [-0.3, -0.25) is 0 Å². The third kappa shape index (κ3) is 0.789. The summed E-state index contributed by atoms with van der Waals surface area (Å²) in [6.45, 7) is 9.72. The molecule has 0 amide bonds. The average molecular weight is 144 g/mol. The summed E-state index contributed by atoms with van der Waals surface area (Å²) in [6, 6.07) is 0. The lowest BCUT2D eigenvalue weighted by Crippen LogP contribution is -2.35. The zero-order valence-electron chi connectivity index (χ0n) is 7.36. The van der Waals surface area contributed by atoms with Gasteiger partial charge in [0.05, 0.1) is 0 Å². The van der Waals surface area contributed by atoms with E-state index >= 15 is 0 Å². The Labute approximate surface area is 62.2 Å². The minimum Gasteiger partial charge on any atom is -0.363 e. The molecule has 1 rings (SSSR count). The Balaban J connectivity index is 2.78. The largest absolute Gasteiger partial charge is 0.363 e. The number of ether oxygens (including phenoxy) is 1. The maximum absolute atomic E-state index is 9.77. The molecule has 0 aliphatic carbocycles. The summed E-state index contributed by atoms with van der Waals surface area (Å²) in [6.07, 6.45) is 0. The van der Waals surface area contributed by atoms with Crippen molar-refractivity contribution in [3.8, 4) is 0 Å². The predicted molar refractivity (Wildman–Crippen MR) is 39.6 cm³/mol. The molecular formula is C8H16O2. The summed E-state index contributed by atoms with van der Waals surface area (Å²) >= 11 is 0. The Morgan fingerprint density at radius 2 is 1.50 bits per heavy atom. The van der Waals surface area contributed by atoms with Gasteiger partial charge in [0.2, 0.25) is 0 Å². The first-order chi connectivity index (χ1) is 4.21. The lowest BCUT2D eigenvalue weighted by atomic mass is 9.83. The topological polar surface area (TPSA) is 32.8 Å². The van der Waals surface area contributed by atoms with Gasteiger partial charge >= 0.3 is 0 Å². The first-order valence-electron chi connectivity index (χ1n) is 3.63. The zero-order chi connectivity index (χ0) is 8.21. The highest BCUT2D eigenvalue weighted by Gasteiger charge is 2.69. The Hall–Kier alpha value is -0.0800. The van der Waals surface area contributed by atoms with Gasteiger partial charge in [-0.1, -0.05) is 20.8 Å². The van der Waals surface area contributed by atoms with Gasteiger partial charge in [-0.05, 0) is 13.8 Å². The molecule has 0 spiro atoms. The van der Waals surface area contributed by atoms with Crippen molar-refractivity contribution in [1.29, 1.82) is 0 Å². The normalized spacial score (nSPS) is 37.8. The van der Waals surface area contributed by atoms with Crippen molar-refractivity contribution in [3.63, 3.8) is 0 Å². The lowest BCUT2D eigenvalue weighted by Gasteiger charge is -2.24. The molecule has 0 saturated carbocycles. The summed E-state index contributed by atoms with van der Waals surface area (Å²) < 4.78 is 5.21. The summed E-state index contributed by atoms with van der Waals surface area (Å²) in [5.41, 5.74) is -0.540. The average Bonchev–Trinajstić information content (AvgIpc) is 2.05. The number of hydrogen-bond donors (Lipinski definition) is 1. The second kappa shape index (κ2) is 1.56. The van der Waals surface area contributed by atoms with Crippen molar-refractivity contribution in [3.05, 3.63) is 0 Å². The van der Waals surface area contributed by atoms with Gasteiger partial charge in [-0.2, -0.15) is 0 Å². The van der Waals surface area contributed by atoms with E-state index < -0.39 is 5.79 Å². The fourth-order valence-corrected chi connectivity index (χ4v) is 1.40. The van der Waals surface area contributed by atoms with E-state index in [1.54, 1.807) is 0 Å². The van der Waals surface area contributed by atoms with Crippen LogP contribution in [0.4, 0.5) is 0 Å². The number of rotatable bonds is 0. The number of hydrogen-bond acceptors (Lipinski definition) is 2. The molecule has 1 saturated heterocycles. The van der Waals surface area contributed by atoms with E-state index in [0.717, 1.165) is 0 Å². The van der Waals surface area contributed by atoms with Gasteiger partial charge in [0, 0.05) is 5.41 Å². The highest BCUT2D eigenvalue weighted by molar-refractivity contribution is 5.08. The van der Waals surface area contributed by atoms with Gasteiger partial charge < -0.3 is 9.84 Å². The Kier molecular flexibility index (Phi) is 1.25. The standard InChI is InChI=1S/C8H16O2/c1-6(2,3)8(9)7(4,5)10-8/h9H,1-5H3. The Morgan fingerprint density at radius 3 is 1.50 bits per heavy atom. The Bertz CT molecular complexity index is 155. The Morgan fingerprint density at radius 1 is 1.20 bits per heavy atom. The molecule has 0 bridgehead atoms. The van der Waals surface area contributed by atoms with Crippen LogP contribution >= 0.6 is 0 Å². The highest BCUT2D eigenvalue weighted by atomic mass is 16.8. The molecule has 0 radical (unpaired) electrons. The summed E-state index contributed by atoms with van der Waals surface area (Å²) in [4.78, 5) is 0. The van der Waals surface area contributed by atoms with Crippen molar-refractivity contribution in [2.75, 3.05) is 0 Å².